The van der Waals surface area contributed by atoms with E-state index in [-0.39, 0.29) is 43.9 Å². The van der Waals surface area contributed by atoms with E-state index in [2.05, 4.69) is 0 Å². The topological polar surface area (TPSA) is 26.0 Å². The smallest absolute Gasteiger partial charge is 0.248 e. The van der Waals surface area contributed by atoms with Gasteiger partial charge in [-0.15, -0.1) is 12.4 Å². The zero-order chi connectivity index (χ0) is 12.5. The van der Waals surface area contributed by atoms with Crippen LogP contribution in [0.15, 0.2) is 24.3 Å². The molecule has 1 aliphatic rings. The molecule has 0 unspecified atom stereocenters. The van der Waals surface area contributed by atoms with Crippen molar-refractivity contribution < 1.29 is 13.2 Å². The zero-order valence-corrected chi connectivity index (χ0v) is 10.8. The minimum Gasteiger partial charge on any atom is -0.325 e. The fourth-order valence-electron chi connectivity index (χ4n) is 2.34. The average Bonchev–Trinajstić information content (AvgIpc) is 2.24. The lowest BCUT2D eigenvalue weighted by Crippen LogP contribution is -2.47. The van der Waals surface area contributed by atoms with Gasteiger partial charge >= 0.3 is 0 Å². The van der Waals surface area contributed by atoms with Gasteiger partial charge < -0.3 is 5.73 Å². The van der Waals surface area contributed by atoms with Crippen molar-refractivity contribution in [2.24, 2.45) is 5.73 Å². The van der Waals surface area contributed by atoms with Crippen molar-refractivity contribution in [3.05, 3.63) is 35.6 Å². The van der Waals surface area contributed by atoms with Gasteiger partial charge in [-0.25, -0.2) is 13.2 Å². The third kappa shape index (κ3) is 3.89. The predicted octanol–water partition coefficient (Wildman–Crippen LogP) is 3.70. The van der Waals surface area contributed by atoms with E-state index in [0.717, 1.165) is 5.56 Å². The van der Waals surface area contributed by atoms with Crippen LogP contribution >= 0.6 is 12.4 Å². The van der Waals surface area contributed by atoms with Crippen LogP contribution in [0.5, 0.6) is 0 Å². The van der Waals surface area contributed by atoms with E-state index in [0.29, 0.717) is 6.42 Å². The van der Waals surface area contributed by atoms with Gasteiger partial charge in [-0.1, -0.05) is 12.1 Å². The minimum atomic E-state index is -2.58. The van der Waals surface area contributed by atoms with E-state index < -0.39 is 11.5 Å². The molecule has 102 valence electrons. The molecule has 0 heterocycles. The molecule has 0 radical (unpaired) electrons. The fraction of sp³-hybridized carbons (Fsp3) is 0.538. The average molecular weight is 280 g/mol. The third-order valence-corrected chi connectivity index (χ3v) is 3.42. The molecule has 1 aliphatic carbocycles. The van der Waals surface area contributed by atoms with Crippen LogP contribution in [0.1, 0.15) is 31.2 Å². The summed E-state index contributed by atoms with van der Waals surface area (Å²) >= 11 is 0. The van der Waals surface area contributed by atoms with Crippen molar-refractivity contribution in [3.63, 3.8) is 0 Å². The minimum absolute atomic E-state index is 0. The molecule has 1 fully saturated rings. The first-order chi connectivity index (χ1) is 7.89. The maximum Gasteiger partial charge on any atom is 0.248 e. The van der Waals surface area contributed by atoms with Crippen LogP contribution in [-0.2, 0) is 6.42 Å². The molecule has 1 aromatic rings. The van der Waals surface area contributed by atoms with E-state index in [1.807, 2.05) is 0 Å². The van der Waals surface area contributed by atoms with Gasteiger partial charge in [0.25, 0.3) is 0 Å². The molecule has 0 aliphatic heterocycles. The number of halogens is 4. The Balaban J connectivity index is 0.00000162. The molecular weight excluding hydrogens is 263 g/mol. The van der Waals surface area contributed by atoms with Crippen molar-refractivity contribution in [2.45, 2.75) is 43.6 Å². The molecule has 0 amide bonds. The van der Waals surface area contributed by atoms with E-state index in [1.54, 1.807) is 12.1 Å². The number of benzene rings is 1. The zero-order valence-electron chi connectivity index (χ0n) is 9.96. The maximum atomic E-state index is 13.0. The van der Waals surface area contributed by atoms with Crippen LogP contribution in [0.25, 0.3) is 0 Å². The van der Waals surface area contributed by atoms with E-state index >= 15 is 0 Å². The lowest BCUT2D eigenvalue weighted by Gasteiger charge is -2.37. The predicted molar refractivity (Wildman–Crippen MR) is 67.7 cm³/mol. The highest BCUT2D eigenvalue weighted by molar-refractivity contribution is 5.85. The van der Waals surface area contributed by atoms with Gasteiger partial charge in [0.2, 0.25) is 5.92 Å². The number of nitrogens with two attached hydrogens (primary N) is 1. The summed E-state index contributed by atoms with van der Waals surface area (Å²) in [5.74, 6) is -2.89. The molecule has 0 bridgehead atoms. The van der Waals surface area contributed by atoms with Crippen LogP contribution in [0.3, 0.4) is 0 Å². The Hall–Kier alpha value is -0.740. The summed E-state index contributed by atoms with van der Waals surface area (Å²) in [5.41, 5.74) is 6.27. The van der Waals surface area contributed by atoms with Crippen molar-refractivity contribution in [2.75, 3.05) is 0 Å². The van der Waals surface area contributed by atoms with E-state index in [4.69, 9.17) is 5.73 Å². The fourth-order valence-corrected chi connectivity index (χ4v) is 2.34. The molecule has 2 rings (SSSR count). The number of hydrogen-bond donors (Lipinski definition) is 1. The summed E-state index contributed by atoms with van der Waals surface area (Å²) in [5, 5.41) is 0. The second-order valence-corrected chi connectivity index (χ2v) is 5.03. The molecule has 1 nitrogen and oxygen atoms in total. The van der Waals surface area contributed by atoms with Crippen molar-refractivity contribution in [1.82, 2.24) is 0 Å². The summed E-state index contributed by atoms with van der Waals surface area (Å²) in [4.78, 5) is 0. The van der Waals surface area contributed by atoms with Crippen molar-refractivity contribution in [3.8, 4) is 0 Å². The maximum absolute atomic E-state index is 13.0. The highest BCUT2D eigenvalue weighted by Gasteiger charge is 2.41. The normalized spacial score (nSPS) is 21.1. The SMILES string of the molecule is Cl.NC1(Cc2cccc(F)c2)CCC(F)(F)CC1. The van der Waals surface area contributed by atoms with E-state index in [1.165, 1.54) is 12.1 Å². The Morgan fingerprint density at radius 1 is 1.11 bits per heavy atom. The molecule has 1 saturated carbocycles. The quantitative estimate of drug-likeness (QED) is 0.878. The summed E-state index contributed by atoms with van der Waals surface area (Å²) in [7, 11) is 0. The van der Waals surface area contributed by atoms with Gasteiger partial charge in [0.1, 0.15) is 5.82 Å². The van der Waals surface area contributed by atoms with Crippen LogP contribution in [0, 0.1) is 5.82 Å². The molecule has 2 N–H and O–H groups in total. The molecule has 0 spiro atoms. The van der Waals surface area contributed by atoms with Crippen LogP contribution in [0.4, 0.5) is 13.2 Å². The van der Waals surface area contributed by atoms with Gasteiger partial charge in [0, 0.05) is 18.4 Å². The van der Waals surface area contributed by atoms with Crippen LogP contribution in [-0.4, -0.2) is 11.5 Å². The van der Waals surface area contributed by atoms with Crippen molar-refractivity contribution >= 4 is 12.4 Å². The lowest BCUT2D eigenvalue weighted by atomic mass is 9.77. The largest absolute Gasteiger partial charge is 0.325 e. The number of hydrogen-bond acceptors (Lipinski definition) is 1. The van der Waals surface area contributed by atoms with E-state index in [9.17, 15) is 13.2 Å². The first-order valence-electron chi connectivity index (χ1n) is 5.80. The Kier molecular flexibility index (Phi) is 4.67. The summed E-state index contributed by atoms with van der Waals surface area (Å²) in [6.07, 6.45) is 0.700. The molecule has 1 aromatic carbocycles. The Morgan fingerprint density at radius 2 is 1.72 bits per heavy atom. The third-order valence-electron chi connectivity index (χ3n) is 3.42. The highest BCUT2D eigenvalue weighted by Crippen LogP contribution is 2.38. The van der Waals surface area contributed by atoms with Gasteiger partial charge in [0.15, 0.2) is 0 Å². The molecule has 18 heavy (non-hydrogen) atoms. The molecule has 5 heteroatoms. The van der Waals surface area contributed by atoms with Gasteiger partial charge in [-0.2, -0.15) is 0 Å². The van der Waals surface area contributed by atoms with Gasteiger partial charge in [0.05, 0.1) is 0 Å². The molecule has 0 atom stereocenters. The second-order valence-electron chi connectivity index (χ2n) is 5.03. The van der Waals surface area contributed by atoms with Gasteiger partial charge in [-0.3, -0.25) is 0 Å². The first kappa shape index (κ1) is 15.3. The highest BCUT2D eigenvalue weighted by atomic mass is 35.5. The summed E-state index contributed by atoms with van der Waals surface area (Å²) in [6.45, 7) is 0. The molecule has 0 aromatic heterocycles. The summed E-state index contributed by atoms with van der Waals surface area (Å²) in [6, 6.07) is 6.18. The standard InChI is InChI=1S/C13H16F3N.ClH/c14-11-3-1-2-10(8-11)9-12(17)4-6-13(15,16)7-5-12;/h1-3,8H,4-7,9,17H2;1H. The van der Waals surface area contributed by atoms with Crippen LogP contribution in [0.2, 0.25) is 0 Å². The van der Waals surface area contributed by atoms with Crippen LogP contribution < -0.4 is 5.73 Å². The monoisotopic (exact) mass is 279 g/mol. The molecule has 0 saturated heterocycles. The van der Waals surface area contributed by atoms with Crippen molar-refractivity contribution in [1.29, 1.82) is 0 Å². The Morgan fingerprint density at radius 3 is 2.28 bits per heavy atom. The number of alkyl halides is 2. The Labute approximate surface area is 111 Å². The summed E-state index contributed by atoms with van der Waals surface area (Å²) < 4.78 is 39.1. The molecular formula is C13H17ClF3N. The van der Waals surface area contributed by atoms with Gasteiger partial charge in [-0.05, 0) is 37.0 Å². The first-order valence-corrected chi connectivity index (χ1v) is 5.80. The number of rotatable bonds is 2. The lowest BCUT2D eigenvalue weighted by molar-refractivity contribution is -0.0505. The second kappa shape index (κ2) is 5.49. The Bertz CT molecular complexity index is 399.